The molecule has 5 rings (SSSR count). The number of aryl methyl sites for hydroxylation is 1. The summed E-state index contributed by atoms with van der Waals surface area (Å²) in [7, 11) is 1.78. The fourth-order valence-electron chi connectivity index (χ4n) is 5.45. The fourth-order valence-corrected chi connectivity index (χ4v) is 6.58. The third-order valence-electron chi connectivity index (χ3n) is 6.86. The van der Waals surface area contributed by atoms with Gasteiger partial charge in [0.25, 0.3) is 0 Å². The van der Waals surface area contributed by atoms with Crippen molar-refractivity contribution in [3.8, 4) is 0 Å². The first-order valence-electron chi connectivity index (χ1n) is 10.2. The van der Waals surface area contributed by atoms with Gasteiger partial charge < -0.3 is 14.5 Å². The van der Waals surface area contributed by atoms with Crippen molar-refractivity contribution in [3.05, 3.63) is 27.7 Å². The van der Waals surface area contributed by atoms with Crippen molar-refractivity contribution in [2.45, 2.75) is 44.3 Å². The Kier molecular flexibility index (Phi) is 4.22. The summed E-state index contributed by atoms with van der Waals surface area (Å²) >= 11 is 1.49. The molecule has 1 spiro atoms. The lowest BCUT2D eigenvalue weighted by atomic mass is 9.76. The van der Waals surface area contributed by atoms with Gasteiger partial charge in [0, 0.05) is 33.0 Å². The zero-order valence-electron chi connectivity index (χ0n) is 16.9. The van der Waals surface area contributed by atoms with E-state index < -0.39 is 17.4 Å². The van der Waals surface area contributed by atoms with Crippen LogP contribution in [0.15, 0.2) is 12.2 Å². The number of rotatable bonds is 3. The van der Waals surface area contributed by atoms with E-state index in [4.69, 9.17) is 4.74 Å². The van der Waals surface area contributed by atoms with Crippen LogP contribution in [0.5, 0.6) is 0 Å². The van der Waals surface area contributed by atoms with Gasteiger partial charge in [0.15, 0.2) is 5.78 Å². The number of aromatic nitrogens is 1. The number of Topliss-reactive ketones (excluding diaryl/α,β-unsaturated/α-hetero) is 1. The van der Waals surface area contributed by atoms with Crippen LogP contribution >= 0.6 is 11.3 Å². The van der Waals surface area contributed by atoms with Gasteiger partial charge >= 0.3 is 0 Å². The lowest BCUT2D eigenvalue weighted by molar-refractivity contribution is -0.143. The molecule has 0 N–H and O–H groups in total. The molecule has 3 saturated heterocycles. The van der Waals surface area contributed by atoms with E-state index in [0.717, 1.165) is 28.4 Å². The topological polar surface area (TPSA) is 79.8 Å². The van der Waals surface area contributed by atoms with E-state index in [-0.39, 0.29) is 29.6 Å². The van der Waals surface area contributed by atoms with E-state index in [1.807, 2.05) is 24.0 Å². The van der Waals surface area contributed by atoms with Gasteiger partial charge in [-0.25, -0.2) is 4.98 Å². The second-order valence-corrected chi connectivity index (χ2v) is 9.75. The summed E-state index contributed by atoms with van der Waals surface area (Å²) in [4.78, 5) is 46.7. The zero-order valence-corrected chi connectivity index (χ0v) is 17.7. The van der Waals surface area contributed by atoms with Crippen LogP contribution in [0.3, 0.4) is 0 Å². The van der Waals surface area contributed by atoms with Crippen molar-refractivity contribution in [1.29, 1.82) is 0 Å². The first kappa shape index (κ1) is 18.9. The van der Waals surface area contributed by atoms with Crippen LogP contribution in [0.1, 0.15) is 46.1 Å². The highest BCUT2D eigenvalue weighted by molar-refractivity contribution is 7.13. The van der Waals surface area contributed by atoms with Gasteiger partial charge in [-0.3, -0.25) is 14.4 Å². The number of nitrogens with zero attached hydrogens (tertiary/aromatic N) is 3. The molecule has 0 unspecified atom stereocenters. The zero-order chi connectivity index (χ0) is 20.5. The standard InChI is InChI=1S/C21H25N3O4S/c1-11-17(12(2)25)29-18(22-11)13-5-8-24(9-6-13)19(26)15-14-4-7-21(28-14)10-23(3)20(27)16(15)21/h4,7,13-16H,5-6,8-10H2,1-3H3/t14-,15+,16-,21+/m1/s1. The Morgan fingerprint density at radius 2 is 2.03 bits per heavy atom. The van der Waals surface area contributed by atoms with Crippen LogP contribution in [0, 0.1) is 18.8 Å². The Morgan fingerprint density at radius 1 is 1.31 bits per heavy atom. The molecule has 0 aliphatic carbocycles. The van der Waals surface area contributed by atoms with Crippen LogP contribution in [-0.2, 0) is 14.3 Å². The maximum Gasteiger partial charge on any atom is 0.229 e. The molecule has 4 aliphatic heterocycles. The van der Waals surface area contributed by atoms with Crippen LogP contribution in [0.2, 0.25) is 0 Å². The number of carbonyl (C=O) groups is 3. The number of likely N-dealkylation sites (tertiary alicyclic amines) is 2. The van der Waals surface area contributed by atoms with Gasteiger partial charge in [0.05, 0.1) is 40.1 Å². The molecule has 2 amide bonds. The summed E-state index contributed by atoms with van der Waals surface area (Å²) in [6, 6.07) is 0. The molecule has 4 aliphatic rings. The highest BCUT2D eigenvalue weighted by Gasteiger charge is 2.66. The Balaban J connectivity index is 1.29. The number of likely N-dealkylation sites (N-methyl/N-ethyl adjacent to an activating group) is 1. The molecule has 0 saturated carbocycles. The third kappa shape index (κ3) is 2.72. The first-order valence-corrected chi connectivity index (χ1v) is 11.0. The number of piperidine rings is 1. The molecular formula is C21H25N3O4S. The van der Waals surface area contributed by atoms with E-state index in [1.165, 1.54) is 11.3 Å². The minimum Gasteiger partial charge on any atom is -0.360 e. The Bertz CT molecular complexity index is 932. The summed E-state index contributed by atoms with van der Waals surface area (Å²) in [5.41, 5.74) is 0.188. The van der Waals surface area contributed by atoms with E-state index >= 15 is 0 Å². The number of hydrogen-bond acceptors (Lipinski definition) is 6. The number of fused-ring (bicyclic) bond motifs is 1. The van der Waals surface area contributed by atoms with Crippen LogP contribution in [0.25, 0.3) is 0 Å². The highest BCUT2D eigenvalue weighted by atomic mass is 32.1. The normalized spacial score (nSPS) is 33.6. The Morgan fingerprint density at radius 3 is 2.69 bits per heavy atom. The van der Waals surface area contributed by atoms with Crippen LogP contribution < -0.4 is 0 Å². The molecule has 0 radical (unpaired) electrons. The lowest BCUT2D eigenvalue weighted by Gasteiger charge is -2.35. The monoisotopic (exact) mass is 415 g/mol. The SMILES string of the molecule is CC(=O)c1sc(C2CCN(C(=O)[C@H]3[C@H]4C=C[C@@]5(CN(C)C(=O)[C@@H]35)O4)CC2)nc1C. The van der Waals surface area contributed by atoms with Crippen LogP contribution in [0.4, 0.5) is 0 Å². The van der Waals surface area contributed by atoms with Crippen molar-refractivity contribution < 1.29 is 19.1 Å². The van der Waals surface area contributed by atoms with Gasteiger partial charge in [0.1, 0.15) is 5.60 Å². The van der Waals surface area contributed by atoms with Crippen molar-refractivity contribution >= 4 is 28.9 Å². The van der Waals surface area contributed by atoms with E-state index in [0.29, 0.717) is 19.6 Å². The molecule has 3 fully saturated rings. The van der Waals surface area contributed by atoms with Crippen molar-refractivity contribution in [1.82, 2.24) is 14.8 Å². The molecule has 2 bridgehead atoms. The summed E-state index contributed by atoms with van der Waals surface area (Å²) < 4.78 is 6.12. The van der Waals surface area contributed by atoms with Gasteiger partial charge in [-0.05, 0) is 19.8 Å². The number of hydrogen-bond donors (Lipinski definition) is 0. The van der Waals surface area contributed by atoms with Crippen LogP contribution in [-0.4, -0.2) is 70.8 Å². The number of ketones is 1. The smallest absolute Gasteiger partial charge is 0.229 e. The van der Waals surface area contributed by atoms with Gasteiger partial charge in [0.2, 0.25) is 11.8 Å². The molecule has 8 heteroatoms. The van der Waals surface area contributed by atoms with Gasteiger partial charge in [-0.15, -0.1) is 11.3 Å². The van der Waals surface area contributed by atoms with E-state index in [2.05, 4.69) is 4.98 Å². The largest absolute Gasteiger partial charge is 0.360 e. The van der Waals surface area contributed by atoms with Crippen molar-refractivity contribution in [2.24, 2.45) is 11.8 Å². The minimum absolute atomic E-state index is 0.0140. The first-order chi connectivity index (χ1) is 13.8. The molecule has 5 heterocycles. The highest BCUT2D eigenvalue weighted by Crippen LogP contribution is 2.52. The van der Waals surface area contributed by atoms with E-state index in [1.54, 1.807) is 18.9 Å². The summed E-state index contributed by atoms with van der Waals surface area (Å²) in [6.07, 6.45) is 5.31. The maximum absolute atomic E-state index is 13.4. The molecule has 1 aromatic rings. The molecule has 1 aromatic heterocycles. The fraction of sp³-hybridized carbons (Fsp3) is 0.619. The quantitative estimate of drug-likeness (QED) is 0.555. The van der Waals surface area contributed by atoms with Gasteiger partial charge in [-0.1, -0.05) is 12.2 Å². The molecular weight excluding hydrogens is 390 g/mol. The average Bonchev–Trinajstić information content (AvgIpc) is 3.42. The summed E-state index contributed by atoms with van der Waals surface area (Å²) in [5, 5.41) is 0.998. The van der Waals surface area contributed by atoms with Crippen molar-refractivity contribution in [3.63, 3.8) is 0 Å². The number of carbonyl (C=O) groups excluding carboxylic acids is 3. The minimum atomic E-state index is -0.614. The second-order valence-electron chi connectivity index (χ2n) is 8.72. The molecule has 4 atom stereocenters. The molecule has 29 heavy (non-hydrogen) atoms. The predicted octanol–water partition coefficient (Wildman–Crippen LogP) is 1.77. The molecule has 7 nitrogen and oxygen atoms in total. The number of amides is 2. The summed E-state index contributed by atoms with van der Waals surface area (Å²) in [5.74, 6) is -0.429. The van der Waals surface area contributed by atoms with Crippen molar-refractivity contribution in [2.75, 3.05) is 26.7 Å². The maximum atomic E-state index is 13.4. The predicted molar refractivity (Wildman–Crippen MR) is 107 cm³/mol. The molecule has 0 aromatic carbocycles. The molecule has 154 valence electrons. The lowest BCUT2D eigenvalue weighted by Crippen LogP contribution is -2.48. The number of ether oxygens (including phenoxy) is 1. The third-order valence-corrected chi connectivity index (χ3v) is 8.28. The van der Waals surface area contributed by atoms with Gasteiger partial charge in [-0.2, -0.15) is 0 Å². The second kappa shape index (κ2) is 6.47. The number of thiazole rings is 1. The Hall–Kier alpha value is -2.06. The van der Waals surface area contributed by atoms with E-state index in [9.17, 15) is 14.4 Å². The summed E-state index contributed by atoms with van der Waals surface area (Å²) in [6.45, 7) is 5.27. The Labute approximate surface area is 173 Å². The average molecular weight is 416 g/mol.